The summed E-state index contributed by atoms with van der Waals surface area (Å²) in [5, 5.41) is 10.2. The third-order valence-corrected chi connectivity index (χ3v) is 3.37. The fourth-order valence-corrected chi connectivity index (χ4v) is 2.42. The molecule has 0 spiro atoms. The molecule has 0 bridgehead atoms. The predicted octanol–water partition coefficient (Wildman–Crippen LogP) is 1.06. The molecule has 0 radical (unpaired) electrons. The number of rotatable bonds is 3. The molecule has 2 N–H and O–H groups in total. The van der Waals surface area contributed by atoms with Gasteiger partial charge in [0.05, 0.1) is 17.9 Å². The minimum Gasteiger partial charge on any atom is -0.322 e. The molecule has 1 fully saturated rings. The van der Waals surface area contributed by atoms with E-state index < -0.39 is 0 Å². The van der Waals surface area contributed by atoms with Crippen LogP contribution in [0.25, 0.3) is 0 Å². The summed E-state index contributed by atoms with van der Waals surface area (Å²) in [5.74, 6) is 1.71. The van der Waals surface area contributed by atoms with Crippen molar-refractivity contribution in [1.29, 1.82) is 0 Å². The minimum atomic E-state index is -0.0765. The van der Waals surface area contributed by atoms with Gasteiger partial charge < -0.3 is 5.32 Å². The molecule has 1 aliphatic rings. The molecule has 2 rings (SSSR count). The number of nitrogens with zero attached hydrogens (tertiary/aromatic N) is 2. The first-order valence-electron chi connectivity index (χ1n) is 5.33. The summed E-state index contributed by atoms with van der Waals surface area (Å²) < 4.78 is 1.83. The highest BCUT2D eigenvalue weighted by Gasteiger charge is 2.22. The second-order valence-electron chi connectivity index (χ2n) is 4.06. The summed E-state index contributed by atoms with van der Waals surface area (Å²) >= 11 is 1.74. The number of carbonyl (C=O) groups is 1. The molecule has 1 saturated heterocycles. The Balaban J connectivity index is 1.95. The van der Waals surface area contributed by atoms with Gasteiger partial charge in [-0.05, 0) is 13.8 Å². The first kappa shape index (κ1) is 11.5. The minimum absolute atomic E-state index is 0.0216. The van der Waals surface area contributed by atoms with Gasteiger partial charge in [0, 0.05) is 23.9 Å². The van der Waals surface area contributed by atoms with Gasteiger partial charge in [-0.15, -0.1) is 11.8 Å². The van der Waals surface area contributed by atoms with Gasteiger partial charge >= 0.3 is 0 Å². The van der Waals surface area contributed by atoms with Gasteiger partial charge in [0.1, 0.15) is 0 Å². The van der Waals surface area contributed by atoms with Gasteiger partial charge in [0.25, 0.3) is 0 Å². The van der Waals surface area contributed by atoms with Crippen molar-refractivity contribution < 1.29 is 4.79 Å². The molecular weight excluding hydrogens is 224 g/mol. The standard InChI is InChI=1S/C10H16N4OS/c1-7(2)14-4-8(3-12-14)13-10(15)9-5-16-6-11-9/h3-4,7,9,11H,5-6H2,1-2H3,(H,13,15). The van der Waals surface area contributed by atoms with Crippen LogP contribution in [0.2, 0.25) is 0 Å². The smallest absolute Gasteiger partial charge is 0.242 e. The van der Waals surface area contributed by atoms with E-state index in [9.17, 15) is 4.79 Å². The number of hydrogen-bond acceptors (Lipinski definition) is 4. The highest BCUT2D eigenvalue weighted by molar-refractivity contribution is 7.99. The van der Waals surface area contributed by atoms with E-state index in [0.717, 1.165) is 17.3 Å². The van der Waals surface area contributed by atoms with Crippen LogP contribution in [-0.2, 0) is 4.79 Å². The molecule has 1 amide bonds. The van der Waals surface area contributed by atoms with Crippen molar-refractivity contribution in [2.75, 3.05) is 16.9 Å². The van der Waals surface area contributed by atoms with Crippen molar-refractivity contribution in [3.8, 4) is 0 Å². The van der Waals surface area contributed by atoms with Gasteiger partial charge in [-0.3, -0.25) is 14.8 Å². The Morgan fingerprint density at radius 1 is 1.75 bits per heavy atom. The lowest BCUT2D eigenvalue weighted by molar-refractivity contribution is -0.117. The van der Waals surface area contributed by atoms with Crippen molar-refractivity contribution in [1.82, 2.24) is 15.1 Å². The van der Waals surface area contributed by atoms with Gasteiger partial charge in [-0.2, -0.15) is 5.10 Å². The lowest BCUT2D eigenvalue weighted by Gasteiger charge is -2.08. The molecule has 0 aromatic carbocycles. The molecule has 0 saturated carbocycles. The maximum absolute atomic E-state index is 11.8. The van der Waals surface area contributed by atoms with E-state index in [0.29, 0.717) is 6.04 Å². The topological polar surface area (TPSA) is 59.0 Å². The molecule has 1 unspecified atom stereocenters. The van der Waals surface area contributed by atoms with E-state index >= 15 is 0 Å². The highest BCUT2D eigenvalue weighted by Crippen LogP contribution is 2.13. The molecule has 88 valence electrons. The second-order valence-corrected chi connectivity index (χ2v) is 5.09. The molecule has 16 heavy (non-hydrogen) atoms. The van der Waals surface area contributed by atoms with E-state index in [1.807, 2.05) is 24.7 Å². The number of thioether (sulfide) groups is 1. The van der Waals surface area contributed by atoms with Crippen molar-refractivity contribution in [2.45, 2.75) is 25.9 Å². The summed E-state index contributed by atoms with van der Waals surface area (Å²) in [5.41, 5.74) is 0.761. The third kappa shape index (κ3) is 2.56. The van der Waals surface area contributed by atoms with E-state index in [1.165, 1.54) is 0 Å². The monoisotopic (exact) mass is 240 g/mol. The third-order valence-electron chi connectivity index (χ3n) is 2.43. The Morgan fingerprint density at radius 3 is 3.12 bits per heavy atom. The van der Waals surface area contributed by atoms with Crippen LogP contribution in [0.5, 0.6) is 0 Å². The summed E-state index contributed by atoms with van der Waals surface area (Å²) in [6.07, 6.45) is 3.53. The number of anilines is 1. The summed E-state index contributed by atoms with van der Waals surface area (Å²) in [7, 11) is 0. The lowest BCUT2D eigenvalue weighted by Crippen LogP contribution is -2.37. The zero-order chi connectivity index (χ0) is 11.5. The molecule has 1 aliphatic heterocycles. The Bertz CT molecular complexity index is 371. The van der Waals surface area contributed by atoms with E-state index in [-0.39, 0.29) is 11.9 Å². The Morgan fingerprint density at radius 2 is 2.56 bits per heavy atom. The van der Waals surface area contributed by atoms with Gasteiger partial charge in [0.2, 0.25) is 5.91 Å². The van der Waals surface area contributed by atoms with E-state index in [1.54, 1.807) is 18.0 Å². The van der Waals surface area contributed by atoms with Crippen molar-refractivity contribution >= 4 is 23.4 Å². The molecule has 5 nitrogen and oxygen atoms in total. The van der Waals surface area contributed by atoms with Gasteiger partial charge in [0.15, 0.2) is 0 Å². The molecular formula is C10H16N4OS. The highest BCUT2D eigenvalue weighted by atomic mass is 32.2. The Hall–Kier alpha value is -1.01. The maximum atomic E-state index is 11.8. The van der Waals surface area contributed by atoms with Gasteiger partial charge in [-0.1, -0.05) is 0 Å². The normalized spacial score (nSPS) is 20.3. The SMILES string of the molecule is CC(C)n1cc(NC(=O)C2CSCN2)cn1. The summed E-state index contributed by atoms with van der Waals surface area (Å²) in [4.78, 5) is 11.8. The van der Waals surface area contributed by atoms with Crippen LogP contribution in [0.1, 0.15) is 19.9 Å². The van der Waals surface area contributed by atoms with Gasteiger partial charge in [-0.25, -0.2) is 0 Å². The van der Waals surface area contributed by atoms with Crippen LogP contribution in [0.4, 0.5) is 5.69 Å². The average molecular weight is 240 g/mol. The van der Waals surface area contributed by atoms with Crippen molar-refractivity contribution in [3.05, 3.63) is 12.4 Å². The van der Waals surface area contributed by atoms with Crippen molar-refractivity contribution in [3.63, 3.8) is 0 Å². The van der Waals surface area contributed by atoms with E-state index in [2.05, 4.69) is 15.7 Å². The quantitative estimate of drug-likeness (QED) is 0.829. The van der Waals surface area contributed by atoms with Crippen LogP contribution < -0.4 is 10.6 Å². The number of aromatic nitrogens is 2. The Kier molecular flexibility index (Phi) is 3.50. The van der Waals surface area contributed by atoms with Crippen LogP contribution in [0, 0.1) is 0 Å². The largest absolute Gasteiger partial charge is 0.322 e. The summed E-state index contributed by atoms with van der Waals surface area (Å²) in [6, 6.07) is 0.234. The number of hydrogen-bond donors (Lipinski definition) is 2. The number of amides is 1. The molecule has 6 heteroatoms. The zero-order valence-corrected chi connectivity index (χ0v) is 10.3. The fraction of sp³-hybridized carbons (Fsp3) is 0.600. The molecule has 1 aromatic heterocycles. The first-order valence-corrected chi connectivity index (χ1v) is 6.48. The lowest BCUT2D eigenvalue weighted by atomic mass is 10.3. The van der Waals surface area contributed by atoms with E-state index in [4.69, 9.17) is 0 Å². The second kappa shape index (κ2) is 4.88. The Labute approximate surface area is 99.0 Å². The number of nitrogens with one attached hydrogen (secondary N) is 2. The van der Waals surface area contributed by atoms with Crippen LogP contribution in [0.3, 0.4) is 0 Å². The number of carbonyl (C=O) groups excluding carboxylic acids is 1. The molecule has 1 aromatic rings. The molecule has 0 aliphatic carbocycles. The van der Waals surface area contributed by atoms with Crippen molar-refractivity contribution in [2.24, 2.45) is 0 Å². The first-order chi connectivity index (χ1) is 7.66. The van der Waals surface area contributed by atoms with Crippen LogP contribution in [-0.4, -0.2) is 33.4 Å². The predicted molar refractivity (Wildman–Crippen MR) is 65.5 cm³/mol. The fourth-order valence-electron chi connectivity index (χ4n) is 1.48. The average Bonchev–Trinajstić information content (AvgIpc) is 2.87. The molecule has 1 atom stereocenters. The maximum Gasteiger partial charge on any atom is 0.242 e. The van der Waals surface area contributed by atoms with Crippen LogP contribution in [0.15, 0.2) is 12.4 Å². The molecule has 2 heterocycles. The van der Waals surface area contributed by atoms with Crippen LogP contribution >= 0.6 is 11.8 Å². The summed E-state index contributed by atoms with van der Waals surface area (Å²) in [6.45, 7) is 4.10. The zero-order valence-electron chi connectivity index (χ0n) is 9.43.